The molecule has 0 amide bonds. The molecule has 2 aromatic carbocycles. The van der Waals surface area contributed by atoms with Gasteiger partial charge in [-0.3, -0.25) is 19.0 Å². The molecular weight excluding hydrogens is 777 g/mol. The molecule has 1 aromatic heterocycles. The molecule has 3 aromatic rings. The summed E-state index contributed by atoms with van der Waals surface area (Å²) in [5.74, 6) is -3.06. The lowest BCUT2D eigenvalue weighted by atomic mass is 9.96. The lowest BCUT2D eigenvalue weighted by molar-refractivity contribution is 0.0359. The van der Waals surface area contributed by atoms with Crippen LogP contribution in [0.25, 0.3) is 10.9 Å². The van der Waals surface area contributed by atoms with Crippen LogP contribution in [0.5, 0.6) is 5.75 Å². The number of halogens is 2. The van der Waals surface area contributed by atoms with Gasteiger partial charge in [0.2, 0.25) is 15.7 Å². The first-order valence-electron chi connectivity index (χ1n) is 22.1. The molecule has 1 atom stereocenters. The molecule has 0 N–H and O–H groups in total. The van der Waals surface area contributed by atoms with E-state index in [0.29, 0.717) is 59.1 Å². The van der Waals surface area contributed by atoms with Crippen LogP contribution in [0, 0.1) is 11.6 Å². The lowest BCUT2D eigenvalue weighted by Crippen LogP contribution is -2.56. The molecule has 0 saturated carbocycles. The molecule has 0 radical (unpaired) electrons. The van der Waals surface area contributed by atoms with Crippen molar-refractivity contribution in [2.45, 2.75) is 143 Å². The highest BCUT2D eigenvalue weighted by Crippen LogP contribution is 2.40. The maximum absolute atomic E-state index is 15.9. The Labute approximate surface area is 349 Å². The number of ether oxygens (including phenoxy) is 1. The van der Waals surface area contributed by atoms with E-state index in [9.17, 15) is 12.6 Å². The number of anilines is 1. The Kier molecular flexibility index (Phi) is 16.4. The number of piperidine rings is 2. The van der Waals surface area contributed by atoms with Crippen molar-refractivity contribution in [3.05, 3.63) is 48.2 Å². The molecule has 0 spiro atoms. The zero-order valence-corrected chi connectivity index (χ0v) is 37.0. The van der Waals surface area contributed by atoms with Crippen LogP contribution in [-0.4, -0.2) is 116 Å². The second-order valence-electron chi connectivity index (χ2n) is 17.0. The van der Waals surface area contributed by atoms with E-state index in [-0.39, 0.29) is 17.3 Å². The van der Waals surface area contributed by atoms with Crippen LogP contribution >= 0.6 is 0 Å². The van der Waals surface area contributed by atoms with Gasteiger partial charge in [0.25, 0.3) is 0 Å². The van der Waals surface area contributed by atoms with Gasteiger partial charge in [-0.1, -0.05) is 64.7 Å². The number of rotatable bonds is 19. The molecule has 3 aliphatic rings. The van der Waals surface area contributed by atoms with Crippen molar-refractivity contribution in [3.63, 3.8) is 0 Å². The molecular formula is C45H67F2N5O4S2. The number of sulfone groups is 1. The van der Waals surface area contributed by atoms with E-state index in [1.807, 2.05) is 0 Å². The maximum atomic E-state index is 15.9. The van der Waals surface area contributed by atoms with Crippen molar-refractivity contribution < 1.29 is 26.1 Å². The SMILES string of the molecule is CCCCCCCCCCCCOc1ccc(S(=O)(=O)c2cnc3ccc(S(C)=O)cc3c2N2CCC(N3CCC(N4CCN(C(C)C)CC4)CC3)CC2)c(F)c1F. The summed E-state index contributed by atoms with van der Waals surface area (Å²) in [5.41, 5.74) is 0.944. The summed E-state index contributed by atoms with van der Waals surface area (Å²) in [6.45, 7) is 14.8. The number of benzene rings is 2. The van der Waals surface area contributed by atoms with E-state index in [2.05, 4.69) is 45.4 Å². The molecule has 0 bridgehead atoms. The zero-order chi connectivity index (χ0) is 41.2. The van der Waals surface area contributed by atoms with Crippen LogP contribution in [0.1, 0.15) is 111 Å². The summed E-state index contributed by atoms with van der Waals surface area (Å²) >= 11 is 0. The van der Waals surface area contributed by atoms with Crippen LogP contribution in [0.4, 0.5) is 14.5 Å². The Morgan fingerprint density at radius 1 is 0.759 bits per heavy atom. The summed E-state index contributed by atoms with van der Waals surface area (Å²) in [5, 5.41) is 0.530. The van der Waals surface area contributed by atoms with Crippen LogP contribution < -0.4 is 9.64 Å². The second kappa shape index (κ2) is 21.2. The number of fused-ring (bicyclic) bond motifs is 1. The van der Waals surface area contributed by atoms with Gasteiger partial charge in [-0.25, -0.2) is 12.8 Å². The molecule has 0 aliphatic carbocycles. The number of nitrogens with zero attached hydrogens (tertiary/aromatic N) is 5. The van der Waals surface area contributed by atoms with Gasteiger partial charge in [0.15, 0.2) is 11.6 Å². The van der Waals surface area contributed by atoms with E-state index in [1.165, 1.54) is 50.8 Å². The minimum Gasteiger partial charge on any atom is -0.490 e. The van der Waals surface area contributed by atoms with E-state index >= 15 is 8.78 Å². The number of unbranched alkanes of at least 4 members (excludes halogenated alkanes) is 9. The fourth-order valence-electron chi connectivity index (χ4n) is 9.25. The normalized spacial score (nSPS) is 19.1. The number of likely N-dealkylation sites (tertiary alicyclic amines) is 1. The fraction of sp³-hybridized carbons (Fsp3) is 0.667. The van der Waals surface area contributed by atoms with Gasteiger partial charge in [0.1, 0.15) is 9.79 Å². The van der Waals surface area contributed by atoms with E-state index in [0.717, 1.165) is 90.3 Å². The van der Waals surface area contributed by atoms with Gasteiger partial charge in [0, 0.05) is 90.9 Å². The Morgan fingerprint density at radius 3 is 1.95 bits per heavy atom. The average molecular weight is 844 g/mol. The van der Waals surface area contributed by atoms with Gasteiger partial charge in [-0.2, -0.15) is 4.39 Å². The summed E-state index contributed by atoms with van der Waals surface area (Å²) in [6.07, 6.45) is 18.3. The van der Waals surface area contributed by atoms with Crippen molar-refractivity contribution >= 4 is 37.2 Å². The molecule has 4 heterocycles. The Morgan fingerprint density at radius 2 is 1.34 bits per heavy atom. The van der Waals surface area contributed by atoms with Crippen molar-refractivity contribution in [3.8, 4) is 5.75 Å². The van der Waals surface area contributed by atoms with Gasteiger partial charge < -0.3 is 14.5 Å². The summed E-state index contributed by atoms with van der Waals surface area (Å²) in [4.78, 5) is 14.0. The first-order valence-corrected chi connectivity index (χ1v) is 25.1. The Bertz CT molecular complexity index is 1930. The predicted octanol–water partition coefficient (Wildman–Crippen LogP) is 8.84. The minimum atomic E-state index is -4.59. The number of piperazine rings is 1. The number of hydrogen-bond acceptors (Lipinski definition) is 9. The standard InChI is InChI=1S/C45H67F2N5O4S2/c1-5-6-7-8-9-10-11-12-13-14-31-56-40-17-18-41(44(47)43(40)46)58(54,55)42-33-48-39-16-15-37(57(4)53)32-38(39)45(42)52-25-21-35(22-26-52)50-23-19-36(20-24-50)51-29-27-49(28-30-51)34(2)3/h15-18,32-36H,5-14,19-31H2,1-4H3. The van der Waals surface area contributed by atoms with Crippen molar-refractivity contribution in [2.24, 2.45) is 0 Å². The van der Waals surface area contributed by atoms with Crippen LogP contribution in [0.3, 0.4) is 0 Å². The molecule has 3 saturated heterocycles. The third-order valence-corrected chi connectivity index (χ3v) is 15.5. The summed E-state index contributed by atoms with van der Waals surface area (Å²) in [6, 6.07) is 9.11. The molecule has 6 rings (SSSR count). The van der Waals surface area contributed by atoms with Crippen LogP contribution in [0.2, 0.25) is 0 Å². The summed E-state index contributed by atoms with van der Waals surface area (Å²) < 4.78 is 78.5. The quantitative estimate of drug-likeness (QED) is 0.110. The van der Waals surface area contributed by atoms with Crippen LogP contribution in [0.15, 0.2) is 51.2 Å². The number of aromatic nitrogens is 1. The molecule has 3 fully saturated rings. The molecule has 13 heteroatoms. The third kappa shape index (κ3) is 11.0. The highest BCUT2D eigenvalue weighted by atomic mass is 32.2. The fourth-order valence-corrected chi connectivity index (χ4v) is 11.3. The monoisotopic (exact) mass is 843 g/mol. The molecule has 9 nitrogen and oxygen atoms in total. The minimum absolute atomic E-state index is 0.187. The predicted molar refractivity (Wildman–Crippen MR) is 231 cm³/mol. The lowest BCUT2D eigenvalue weighted by Gasteiger charge is -2.46. The van der Waals surface area contributed by atoms with Crippen molar-refractivity contribution in [1.29, 1.82) is 0 Å². The summed E-state index contributed by atoms with van der Waals surface area (Å²) in [7, 11) is -5.92. The highest BCUT2D eigenvalue weighted by Gasteiger charge is 2.35. The highest BCUT2D eigenvalue weighted by molar-refractivity contribution is 7.91. The van der Waals surface area contributed by atoms with Crippen LogP contribution in [-0.2, 0) is 20.6 Å². The van der Waals surface area contributed by atoms with E-state index in [4.69, 9.17) is 4.74 Å². The smallest absolute Gasteiger partial charge is 0.213 e. The second-order valence-corrected chi connectivity index (χ2v) is 20.2. The first kappa shape index (κ1) is 44.8. The molecule has 322 valence electrons. The maximum Gasteiger partial charge on any atom is 0.213 e. The number of pyridine rings is 1. The molecule has 58 heavy (non-hydrogen) atoms. The van der Waals surface area contributed by atoms with Gasteiger partial charge >= 0.3 is 0 Å². The topological polar surface area (TPSA) is 86.3 Å². The zero-order valence-electron chi connectivity index (χ0n) is 35.4. The largest absolute Gasteiger partial charge is 0.490 e. The van der Waals surface area contributed by atoms with Gasteiger partial charge in [-0.15, -0.1) is 0 Å². The van der Waals surface area contributed by atoms with Gasteiger partial charge in [-0.05, 0) is 89.4 Å². The first-order chi connectivity index (χ1) is 28.0. The van der Waals surface area contributed by atoms with Crippen molar-refractivity contribution in [2.75, 3.05) is 70.1 Å². The van der Waals surface area contributed by atoms with Crippen molar-refractivity contribution in [1.82, 2.24) is 19.7 Å². The number of hydrogen-bond donors (Lipinski definition) is 0. The average Bonchev–Trinajstić information content (AvgIpc) is 3.23. The third-order valence-electron chi connectivity index (χ3n) is 12.8. The Balaban J connectivity index is 1.12. The Hall–Kier alpha value is -2.71. The van der Waals surface area contributed by atoms with E-state index < -0.39 is 37.2 Å². The molecule has 1 unspecified atom stereocenters. The molecule has 3 aliphatic heterocycles. The van der Waals surface area contributed by atoms with Gasteiger partial charge in [0.05, 0.1) is 17.8 Å². The van der Waals surface area contributed by atoms with E-state index in [1.54, 1.807) is 24.5 Å².